The van der Waals surface area contributed by atoms with Gasteiger partial charge in [0.25, 0.3) is 0 Å². The third kappa shape index (κ3) is 6.37. The first kappa shape index (κ1) is 14.9. The third-order valence-corrected chi connectivity index (χ3v) is 2.78. The third-order valence-electron chi connectivity index (χ3n) is 2.78. The van der Waals surface area contributed by atoms with E-state index in [0.29, 0.717) is 6.42 Å². The van der Waals surface area contributed by atoms with Crippen LogP contribution in [-0.4, -0.2) is 18.1 Å². The number of esters is 1. The summed E-state index contributed by atoms with van der Waals surface area (Å²) in [6, 6.07) is 5.95. The molecule has 4 nitrogen and oxygen atoms in total. The molecule has 100 valence electrons. The smallest absolute Gasteiger partial charge is 0.305 e. The van der Waals surface area contributed by atoms with E-state index in [0.717, 1.165) is 36.8 Å². The Morgan fingerprint density at radius 2 is 2.26 bits per heavy atom. The molecular formula is C15H18N2O2. The summed E-state index contributed by atoms with van der Waals surface area (Å²) in [4.78, 5) is 15.0. The van der Waals surface area contributed by atoms with E-state index in [9.17, 15) is 4.79 Å². The summed E-state index contributed by atoms with van der Waals surface area (Å²) in [5.41, 5.74) is 2.16. The molecule has 0 bridgehead atoms. The van der Waals surface area contributed by atoms with Gasteiger partial charge in [-0.25, -0.2) is 0 Å². The van der Waals surface area contributed by atoms with Crippen molar-refractivity contribution in [3.05, 3.63) is 41.7 Å². The van der Waals surface area contributed by atoms with E-state index >= 15 is 0 Å². The molecule has 0 amide bonds. The molecule has 0 fully saturated rings. The average molecular weight is 258 g/mol. The van der Waals surface area contributed by atoms with Gasteiger partial charge in [0.15, 0.2) is 0 Å². The van der Waals surface area contributed by atoms with Crippen molar-refractivity contribution in [2.45, 2.75) is 32.1 Å². The Balaban J connectivity index is 2.40. The quantitative estimate of drug-likeness (QED) is 0.428. The number of hydrogen-bond donors (Lipinski definition) is 0. The number of unbranched alkanes of at least 4 members (excludes halogenated alkanes) is 1. The highest BCUT2D eigenvalue weighted by atomic mass is 16.5. The van der Waals surface area contributed by atoms with Crippen molar-refractivity contribution in [1.82, 2.24) is 4.98 Å². The SMILES string of the molecule is COC(=O)CCCC/C(=C/C#N)Cc1cccnc1. The van der Waals surface area contributed by atoms with Crippen LogP contribution in [0.5, 0.6) is 0 Å². The van der Waals surface area contributed by atoms with E-state index < -0.39 is 0 Å². The molecule has 0 saturated heterocycles. The van der Waals surface area contributed by atoms with Crippen molar-refractivity contribution in [2.24, 2.45) is 0 Å². The van der Waals surface area contributed by atoms with E-state index in [2.05, 4.69) is 15.8 Å². The van der Waals surface area contributed by atoms with Gasteiger partial charge in [0.2, 0.25) is 0 Å². The normalized spacial score (nSPS) is 10.8. The van der Waals surface area contributed by atoms with Crippen LogP contribution in [0.2, 0.25) is 0 Å². The lowest BCUT2D eigenvalue weighted by molar-refractivity contribution is -0.140. The summed E-state index contributed by atoms with van der Waals surface area (Å²) in [5, 5.41) is 8.78. The first-order chi connectivity index (χ1) is 9.26. The van der Waals surface area contributed by atoms with Gasteiger partial charge in [0.05, 0.1) is 13.2 Å². The molecule has 0 aromatic carbocycles. The first-order valence-electron chi connectivity index (χ1n) is 6.29. The molecule has 0 saturated carbocycles. The lowest BCUT2D eigenvalue weighted by Gasteiger charge is -2.06. The molecule has 1 aromatic rings. The predicted molar refractivity (Wildman–Crippen MR) is 72.1 cm³/mol. The zero-order valence-corrected chi connectivity index (χ0v) is 11.1. The molecule has 0 unspecified atom stereocenters. The van der Waals surface area contributed by atoms with Crippen LogP contribution in [-0.2, 0) is 16.0 Å². The molecule has 0 spiro atoms. The minimum absolute atomic E-state index is 0.182. The fourth-order valence-corrected chi connectivity index (χ4v) is 1.79. The number of carbonyl (C=O) groups excluding carboxylic acids is 1. The monoisotopic (exact) mass is 258 g/mol. The van der Waals surface area contributed by atoms with Gasteiger partial charge in [-0.2, -0.15) is 5.26 Å². The molecule has 0 aliphatic carbocycles. The number of nitriles is 1. The Morgan fingerprint density at radius 3 is 2.89 bits per heavy atom. The Kier molecular flexibility index (Phi) is 6.96. The number of carbonyl (C=O) groups is 1. The summed E-state index contributed by atoms with van der Waals surface area (Å²) < 4.78 is 4.59. The lowest BCUT2D eigenvalue weighted by Crippen LogP contribution is -1.99. The van der Waals surface area contributed by atoms with Gasteiger partial charge >= 0.3 is 5.97 Å². The van der Waals surface area contributed by atoms with Crippen molar-refractivity contribution in [3.63, 3.8) is 0 Å². The highest BCUT2D eigenvalue weighted by Crippen LogP contribution is 2.14. The van der Waals surface area contributed by atoms with Gasteiger partial charge in [-0.3, -0.25) is 9.78 Å². The van der Waals surface area contributed by atoms with Crippen LogP contribution >= 0.6 is 0 Å². The Morgan fingerprint density at radius 1 is 1.47 bits per heavy atom. The topological polar surface area (TPSA) is 63.0 Å². The van der Waals surface area contributed by atoms with Gasteiger partial charge in [0, 0.05) is 24.9 Å². The first-order valence-corrected chi connectivity index (χ1v) is 6.29. The highest BCUT2D eigenvalue weighted by Gasteiger charge is 2.03. The fraction of sp³-hybridized carbons (Fsp3) is 0.400. The summed E-state index contributed by atoms with van der Waals surface area (Å²) in [7, 11) is 1.39. The average Bonchev–Trinajstić information content (AvgIpc) is 2.44. The Hall–Kier alpha value is -2.15. The maximum atomic E-state index is 11.0. The Bertz CT molecular complexity index is 461. The van der Waals surface area contributed by atoms with Crippen LogP contribution < -0.4 is 0 Å². The molecular weight excluding hydrogens is 240 g/mol. The van der Waals surface area contributed by atoms with Crippen LogP contribution in [0.4, 0.5) is 0 Å². The largest absolute Gasteiger partial charge is 0.469 e. The molecule has 0 aliphatic rings. The molecule has 1 rings (SSSR count). The number of aromatic nitrogens is 1. The number of pyridine rings is 1. The second kappa shape index (κ2) is 8.87. The number of hydrogen-bond acceptors (Lipinski definition) is 4. The second-order valence-corrected chi connectivity index (χ2v) is 4.25. The van der Waals surface area contributed by atoms with E-state index in [4.69, 9.17) is 5.26 Å². The second-order valence-electron chi connectivity index (χ2n) is 4.25. The molecule has 1 heterocycles. The molecule has 0 radical (unpaired) electrons. The minimum atomic E-state index is -0.182. The van der Waals surface area contributed by atoms with Crippen molar-refractivity contribution < 1.29 is 9.53 Å². The van der Waals surface area contributed by atoms with Gasteiger partial charge in [-0.1, -0.05) is 11.6 Å². The standard InChI is InChI=1S/C15H18N2O2/c1-19-15(18)7-3-2-5-13(8-9-16)11-14-6-4-10-17-12-14/h4,6,8,10,12H,2-3,5,7,11H2,1H3/b13-8-. The molecule has 0 aliphatic heterocycles. The van der Waals surface area contributed by atoms with Crippen LogP contribution in [0.25, 0.3) is 0 Å². The van der Waals surface area contributed by atoms with Gasteiger partial charge in [-0.05, 0) is 37.3 Å². The van der Waals surface area contributed by atoms with Crippen molar-refractivity contribution in [2.75, 3.05) is 7.11 Å². The van der Waals surface area contributed by atoms with Crippen LogP contribution in [0.15, 0.2) is 36.2 Å². The fourth-order valence-electron chi connectivity index (χ4n) is 1.79. The van der Waals surface area contributed by atoms with Gasteiger partial charge < -0.3 is 4.74 Å². The van der Waals surface area contributed by atoms with E-state index in [1.807, 2.05) is 12.1 Å². The molecule has 1 aromatic heterocycles. The number of nitrogens with zero attached hydrogens (tertiary/aromatic N) is 2. The highest BCUT2D eigenvalue weighted by molar-refractivity contribution is 5.68. The lowest BCUT2D eigenvalue weighted by atomic mass is 10.0. The predicted octanol–water partition coefficient (Wildman–Crippen LogP) is 2.81. The number of allylic oxidation sites excluding steroid dienone is 2. The van der Waals surface area contributed by atoms with Gasteiger partial charge in [-0.15, -0.1) is 0 Å². The summed E-state index contributed by atoms with van der Waals surface area (Å²) in [5.74, 6) is -0.182. The number of methoxy groups -OCH3 is 1. The molecule has 0 atom stereocenters. The maximum Gasteiger partial charge on any atom is 0.305 e. The number of rotatable bonds is 7. The zero-order valence-electron chi connectivity index (χ0n) is 11.1. The van der Waals surface area contributed by atoms with Crippen LogP contribution in [0, 0.1) is 11.3 Å². The Labute approximate surface area is 113 Å². The molecule has 0 N–H and O–H groups in total. The maximum absolute atomic E-state index is 11.0. The molecule has 19 heavy (non-hydrogen) atoms. The van der Waals surface area contributed by atoms with E-state index in [1.54, 1.807) is 18.5 Å². The molecule has 4 heteroatoms. The number of ether oxygens (including phenoxy) is 1. The summed E-state index contributed by atoms with van der Waals surface area (Å²) in [6.07, 6.45) is 8.77. The van der Waals surface area contributed by atoms with Crippen molar-refractivity contribution >= 4 is 5.97 Å². The van der Waals surface area contributed by atoms with Gasteiger partial charge in [0.1, 0.15) is 0 Å². The van der Waals surface area contributed by atoms with Crippen LogP contribution in [0.3, 0.4) is 0 Å². The summed E-state index contributed by atoms with van der Waals surface area (Å²) in [6.45, 7) is 0. The zero-order chi connectivity index (χ0) is 13.9. The van der Waals surface area contributed by atoms with E-state index in [-0.39, 0.29) is 5.97 Å². The van der Waals surface area contributed by atoms with Crippen molar-refractivity contribution in [3.8, 4) is 6.07 Å². The van der Waals surface area contributed by atoms with Crippen LogP contribution in [0.1, 0.15) is 31.2 Å². The van der Waals surface area contributed by atoms with Crippen molar-refractivity contribution in [1.29, 1.82) is 5.26 Å². The van der Waals surface area contributed by atoms with E-state index in [1.165, 1.54) is 7.11 Å². The summed E-state index contributed by atoms with van der Waals surface area (Å²) >= 11 is 0. The minimum Gasteiger partial charge on any atom is -0.469 e.